The molecule has 0 heterocycles. The lowest BCUT2D eigenvalue weighted by Crippen LogP contribution is -2.13. The van der Waals surface area contributed by atoms with Crippen LogP contribution in [-0.2, 0) is 12.6 Å². The summed E-state index contributed by atoms with van der Waals surface area (Å²) < 4.78 is 38.8. The van der Waals surface area contributed by atoms with Crippen LogP contribution in [0, 0.1) is 0 Å². The smallest absolute Gasteiger partial charge is 0.388 e. The SMILES string of the molecule is OC(Cc1cccc(Cl)c1Cl)c1ccccc1C(F)(F)F. The average Bonchev–Trinajstić information content (AvgIpc) is 2.43. The number of halogens is 5. The summed E-state index contributed by atoms with van der Waals surface area (Å²) in [5.41, 5.74) is -0.537. The van der Waals surface area contributed by atoms with E-state index in [9.17, 15) is 18.3 Å². The molecule has 0 aliphatic heterocycles. The minimum absolute atomic E-state index is 0.0491. The number of hydrogen-bond donors (Lipinski definition) is 1. The van der Waals surface area contributed by atoms with Crippen molar-refractivity contribution in [2.75, 3.05) is 0 Å². The molecule has 0 saturated carbocycles. The molecule has 0 amide bonds. The molecule has 0 fully saturated rings. The first-order chi connectivity index (χ1) is 9.80. The summed E-state index contributed by atoms with van der Waals surface area (Å²) in [7, 11) is 0. The van der Waals surface area contributed by atoms with Gasteiger partial charge in [-0.05, 0) is 23.3 Å². The molecule has 1 N–H and O–H groups in total. The lowest BCUT2D eigenvalue weighted by Gasteiger charge is -2.18. The Labute approximate surface area is 129 Å². The zero-order chi connectivity index (χ0) is 15.6. The highest BCUT2D eigenvalue weighted by molar-refractivity contribution is 6.42. The van der Waals surface area contributed by atoms with Gasteiger partial charge in [0.1, 0.15) is 0 Å². The van der Waals surface area contributed by atoms with Gasteiger partial charge in [0, 0.05) is 6.42 Å². The maximum absolute atomic E-state index is 12.9. The monoisotopic (exact) mass is 334 g/mol. The van der Waals surface area contributed by atoms with Crippen LogP contribution in [-0.4, -0.2) is 5.11 Å². The van der Waals surface area contributed by atoms with Gasteiger partial charge in [-0.1, -0.05) is 53.5 Å². The zero-order valence-corrected chi connectivity index (χ0v) is 12.2. The van der Waals surface area contributed by atoms with Gasteiger partial charge < -0.3 is 5.11 Å². The second kappa shape index (κ2) is 6.26. The van der Waals surface area contributed by atoms with Gasteiger partial charge in [-0.2, -0.15) is 13.2 Å². The maximum atomic E-state index is 12.9. The lowest BCUT2D eigenvalue weighted by molar-refractivity contribution is -0.139. The molecule has 1 unspecified atom stereocenters. The molecular formula is C15H11Cl2F3O. The quantitative estimate of drug-likeness (QED) is 0.808. The first-order valence-corrected chi connectivity index (χ1v) is 6.83. The Balaban J connectivity index is 2.33. The summed E-state index contributed by atoms with van der Waals surface area (Å²) >= 11 is 11.8. The van der Waals surface area contributed by atoms with E-state index in [1.165, 1.54) is 18.2 Å². The Bertz CT molecular complexity index is 641. The number of benzene rings is 2. The number of rotatable bonds is 3. The van der Waals surface area contributed by atoms with Crippen molar-refractivity contribution in [1.29, 1.82) is 0 Å². The molecule has 21 heavy (non-hydrogen) atoms. The van der Waals surface area contributed by atoms with E-state index in [0.29, 0.717) is 10.6 Å². The highest BCUT2D eigenvalue weighted by atomic mass is 35.5. The molecule has 6 heteroatoms. The summed E-state index contributed by atoms with van der Waals surface area (Å²) in [6.45, 7) is 0. The van der Waals surface area contributed by atoms with E-state index >= 15 is 0 Å². The molecule has 2 aromatic carbocycles. The molecule has 112 valence electrons. The molecule has 2 rings (SSSR count). The van der Waals surface area contributed by atoms with Crippen LogP contribution in [0.5, 0.6) is 0 Å². The van der Waals surface area contributed by atoms with Gasteiger partial charge in [0.15, 0.2) is 0 Å². The first-order valence-electron chi connectivity index (χ1n) is 6.07. The van der Waals surface area contributed by atoms with Gasteiger partial charge in [0.2, 0.25) is 0 Å². The van der Waals surface area contributed by atoms with Crippen molar-refractivity contribution < 1.29 is 18.3 Å². The standard InChI is InChI=1S/C15H11Cl2F3O/c16-12-7-3-4-9(14(12)17)8-13(21)10-5-1-2-6-11(10)15(18,19)20/h1-7,13,21H,8H2. The minimum Gasteiger partial charge on any atom is -0.388 e. The second-order valence-corrected chi connectivity index (χ2v) is 5.30. The fourth-order valence-corrected chi connectivity index (χ4v) is 2.47. The van der Waals surface area contributed by atoms with Crippen LogP contribution in [0.3, 0.4) is 0 Å². The molecule has 0 aromatic heterocycles. The largest absolute Gasteiger partial charge is 0.416 e. The van der Waals surface area contributed by atoms with Gasteiger partial charge in [-0.25, -0.2) is 0 Å². The number of aliphatic hydroxyl groups excluding tert-OH is 1. The Hall–Kier alpha value is -1.23. The van der Waals surface area contributed by atoms with E-state index in [0.717, 1.165) is 6.07 Å². The first kappa shape index (κ1) is 16.1. The molecule has 1 atom stereocenters. The third-order valence-corrected chi connectivity index (χ3v) is 3.93. The summed E-state index contributed by atoms with van der Waals surface area (Å²) in [5.74, 6) is 0. The van der Waals surface area contributed by atoms with Crippen molar-refractivity contribution in [3.63, 3.8) is 0 Å². The van der Waals surface area contributed by atoms with E-state index in [2.05, 4.69) is 0 Å². The van der Waals surface area contributed by atoms with Crippen LogP contribution in [0.15, 0.2) is 42.5 Å². The van der Waals surface area contributed by atoms with Crippen molar-refractivity contribution in [2.45, 2.75) is 18.7 Å². The molecule has 0 radical (unpaired) electrons. The Morgan fingerprint density at radius 2 is 1.67 bits per heavy atom. The molecule has 0 bridgehead atoms. The van der Waals surface area contributed by atoms with Crippen LogP contribution >= 0.6 is 23.2 Å². The summed E-state index contributed by atoms with van der Waals surface area (Å²) in [4.78, 5) is 0. The Morgan fingerprint density at radius 1 is 1.00 bits per heavy atom. The molecule has 0 saturated heterocycles. The van der Waals surface area contributed by atoms with Crippen LogP contribution in [0.25, 0.3) is 0 Å². The van der Waals surface area contributed by atoms with E-state index in [1.807, 2.05) is 0 Å². The molecule has 0 spiro atoms. The fourth-order valence-electron chi connectivity index (χ4n) is 2.07. The zero-order valence-electron chi connectivity index (χ0n) is 10.7. The van der Waals surface area contributed by atoms with E-state index in [4.69, 9.17) is 23.2 Å². The maximum Gasteiger partial charge on any atom is 0.416 e. The van der Waals surface area contributed by atoms with Crippen molar-refractivity contribution in [2.24, 2.45) is 0 Å². The summed E-state index contributed by atoms with van der Waals surface area (Å²) in [5, 5.41) is 10.7. The topological polar surface area (TPSA) is 20.2 Å². The van der Waals surface area contributed by atoms with Gasteiger partial charge in [0.25, 0.3) is 0 Å². The minimum atomic E-state index is -4.52. The molecule has 2 aromatic rings. The Kier molecular flexibility index (Phi) is 4.81. The van der Waals surface area contributed by atoms with E-state index in [1.54, 1.807) is 18.2 Å². The van der Waals surface area contributed by atoms with Crippen molar-refractivity contribution in [1.82, 2.24) is 0 Å². The number of hydrogen-bond acceptors (Lipinski definition) is 1. The van der Waals surface area contributed by atoms with Crippen LogP contribution in [0.4, 0.5) is 13.2 Å². The number of aliphatic hydroxyl groups is 1. The predicted octanol–water partition coefficient (Wildman–Crippen LogP) is 5.29. The fraction of sp³-hybridized carbons (Fsp3) is 0.200. The highest BCUT2D eigenvalue weighted by Gasteiger charge is 2.34. The summed E-state index contributed by atoms with van der Waals surface area (Å²) in [6.07, 6.45) is -5.89. The lowest BCUT2D eigenvalue weighted by atomic mass is 9.97. The number of alkyl halides is 3. The molecular weight excluding hydrogens is 324 g/mol. The average molecular weight is 335 g/mol. The van der Waals surface area contributed by atoms with E-state index in [-0.39, 0.29) is 17.0 Å². The Morgan fingerprint density at radius 3 is 2.33 bits per heavy atom. The van der Waals surface area contributed by atoms with Gasteiger partial charge in [-0.3, -0.25) is 0 Å². The third kappa shape index (κ3) is 3.70. The highest BCUT2D eigenvalue weighted by Crippen LogP contribution is 2.36. The van der Waals surface area contributed by atoms with Crippen LogP contribution in [0.1, 0.15) is 22.8 Å². The third-order valence-electron chi connectivity index (χ3n) is 3.07. The summed E-state index contributed by atoms with van der Waals surface area (Å²) in [6, 6.07) is 9.76. The molecule has 1 nitrogen and oxygen atoms in total. The van der Waals surface area contributed by atoms with Crippen molar-refractivity contribution in [3.05, 3.63) is 69.2 Å². The van der Waals surface area contributed by atoms with Crippen LogP contribution < -0.4 is 0 Å². The van der Waals surface area contributed by atoms with Crippen molar-refractivity contribution in [3.8, 4) is 0 Å². The predicted molar refractivity (Wildman–Crippen MR) is 76.6 cm³/mol. The normalized spacial score (nSPS) is 13.2. The molecule has 0 aliphatic rings. The van der Waals surface area contributed by atoms with Gasteiger partial charge in [-0.15, -0.1) is 0 Å². The van der Waals surface area contributed by atoms with Crippen molar-refractivity contribution >= 4 is 23.2 Å². The second-order valence-electron chi connectivity index (χ2n) is 4.52. The van der Waals surface area contributed by atoms with Crippen LogP contribution in [0.2, 0.25) is 10.0 Å². The van der Waals surface area contributed by atoms with Gasteiger partial charge >= 0.3 is 6.18 Å². The van der Waals surface area contributed by atoms with Gasteiger partial charge in [0.05, 0.1) is 21.7 Å². The van der Waals surface area contributed by atoms with E-state index < -0.39 is 17.8 Å². The molecule has 0 aliphatic carbocycles.